The fourth-order valence-electron chi connectivity index (χ4n) is 1.12. The topological polar surface area (TPSA) is 75.4 Å². The third-order valence-corrected chi connectivity index (χ3v) is 1.89. The van der Waals surface area contributed by atoms with Gasteiger partial charge in [0.05, 0.1) is 6.61 Å². The first-order valence-electron chi connectivity index (χ1n) is 4.94. The molecular formula is C12H14N2O2. The molecule has 0 aliphatic heterocycles. The van der Waals surface area contributed by atoms with Crippen LogP contribution in [0.2, 0.25) is 0 Å². The average Bonchev–Trinajstić information content (AvgIpc) is 2.28. The van der Waals surface area contributed by atoms with Gasteiger partial charge in [-0.25, -0.2) is 4.79 Å². The van der Waals surface area contributed by atoms with E-state index in [1.165, 1.54) is 0 Å². The minimum absolute atomic E-state index is 0.0770. The average molecular weight is 218 g/mol. The van der Waals surface area contributed by atoms with Crippen molar-refractivity contribution in [2.75, 3.05) is 6.61 Å². The predicted octanol–water partition coefficient (Wildman–Crippen LogP) is 0.589. The second-order valence-electron chi connectivity index (χ2n) is 3.19. The Kier molecular flexibility index (Phi) is 4.90. The van der Waals surface area contributed by atoms with Gasteiger partial charge in [-0.3, -0.25) is 0 Å². The van der Waals surface area contributed by atoms with E-state index in [1.54, 1.807) is 0 Å². The second kappa shape index (κ2) is 6.49. The van der Waals surface area contributed by atoms with E-state index in [-0.39, 0.29) is 6.61 Å². The summed E-state index contributed by atoms with van der Waals surface area (Å²) in [5, 5.41) is 11.1. The van der Waals surface area contributed by atoms with Gasteiger partial charge < -0.3 is 16.2 Å². The lowest BCUT2D eigenvalue weighted by Gasteiger charge is -2.01. The number of carbonyl (C=O) groups is 1. The Labute approximate surface area is 94.5 Å². The second-order valence-corrected chi connectivity index (χ2v) is 3.19. The highest BCUT2D eigenvalue weighted by molar-refractivity contribution is 5.71. The third kappa shape index (κ3) is 4.49. The first-order chi connectivity index (χ1) is 7.72. The van der Waals surface area contributed by atoms with Crippen LogP contribution in [-0.4, -0.2) is 17.7 Å². The molecule has 4 heteroatoms. The lowest BCUT2D eigenvalue weighted by Crippen LogP contribution is -2.28. The highest BCUT2D eigenvalue weighted by Gasteiger charge is 1.94. The molecule has 1 aromatic carbocycles. The summed E-state index contributed by atoms with van der Waals surface area (Å²) in [4.78, 5) is 10.5. The predicted molar refractivity (Wildman–Crippen MR) is 61.4 cm³/mol. The fraction of sp³-hybridized carbons (Fsp3) is 0.250. The van der Waals surface area contributed by atoms with Crippen molar-refractivity contribution in [1.82, 2.24) is 5.32 Å². The van der Waals surface area contributed by atoms with Crippen molar-refractivity contribution in [2.45, 2.75) is 13.0 Å². The smallest absolute Gasteiger partial charge is 0.312 e. The van der Waals surface area contributed by atoms with Gasteiger partial charge in [-0.1, -0.05) is 24.0 Å². The van der Waals surface area contributed by atoms with Gasteiger partial charge in [-0.15, -0.1) is 0 Å². The molecule has 0 heterocycles. The lowest BCUT2D eigenvalue weighted by molar-refractivity contribution is 0.248. The number of hydrogen-bond donors (Lipinski definition) is 3. The van der Waals surface area contributed by atoms with Crippen molar-refractivity contribution in [3.8, 4) is 11.8 Å². The Bertz CT molecular complexity index is 401. The van der Waals surface area contributed by atoms with Gasteiger partial charge in [0.25, 0.3) is 0 Å². The maximum absolute atomic E-state index is 10.5. The number of benzene rings is 1. The Hall–Kier alpha value is -1.99. The Balaban J connectivity index is 2.55. The number of aliphatic hydroxyl groups excluding tert-OH is 1. The highest BCUT2D eigenvalue weighted by atomic mass is 16.2. The standard InChI is InChI=1S/C12H14N2O2/c13-12(16)14-9-11-6-4-10(5-7-11)3-1-2-8-15/h4-7,15H,2,8-9H2,(H3,13,14,16). The molecule has 1 rings (SSSR count). The van der Waals surface area contributed by atoms with E-state index in [4.69, 9.17) is 10.8 Å². The molecule has 0 saturated carbocycles. The molecule has 4 nitrogen and oxygen atoms in total. The molecule has 1 aromatic rings. The van der Waals surface area contributed by atoms with Gasteiger partial charge in [-0.2, -0.15) is 0 Å². The molecule has 0 fully saturated rings. The van der Waals surface area contributed by atoms with E-state index in [0.717, 1.165) is 11.1 Å². The van der Waals surface area contributed by atoms with Crippen molar-refractivity contribution in [3.05, 3.63) is 35.4 Å². The van der Waals surface area contributed by atoms with Gasteiger partial charge in [0.15, 0.2) is 0 Å². The van der Waals surface area contributed by atoms with Crippen molar-refractivity contribution < 1.29 is 9.90 Å². The van der Waals surface area contributed by atoms with Crippen LogP contribution in [0.25, 0.3) is 0 Å². The lowest BCUT2D eigenvalue weighted by atomic mass is 10.1. The highest BCUT2D eigenvalue weighted by Crippen LogP contribution is 2.02. The number of primary amides is 1. The molecule has 16 heavy (non-hydrogen) atoms. The van der Waals surface area contributed by atoms with Gasteiger partial charge in [0.1, 0.15) is 0 Å². The summed E-state index contributed by atoms with van der Waals surface area (Å²) in [6.07, 6.45) is 0.477. The minimum atomic E-state index is -0.535. The number of rotatable bonds is 3. The van der Waals surface area contributed by atoms with Crippen molar-refractivity contribution >= 4 is 6.03 Å². The van der Waals surface area contributed by atoms with Crippen LogP contribution in [0.3, 0.4) is 0 Å². The minimum Gasteiger partial charge on any atom is -0.395 e. The number of carbonyl (C=O) groups excluding carboxylic acids is 1. The molecule has 0 bridgehead atoms. The van der Waals surface area contributed by atoms with Crippen LogP contribution in [0.4, 0.5) is 4.79 Å². The molecule has 0 spiro atoms. The van der Waals surface area contributed by atoms with E-state index in [1.807, 2.05) is 24.3 Å². The molecule has 0 atom stereocenters. The maximum atomic E-state index is 10.5. The third-order valence-electron chi connectivity index (χ3n) is 1.89. The molecule has 2 amide bonds. The molecule has 0 aliphatic rings. The van der Waals surface area contributed by atoms with Crippen LogP contribution in [0.15, 0.2) is 24.3 Å². The summed E-state index contributed by atoms with van der Waals surface area (Å²) in [5.41, 5.74) is 6.80. The quantitative estimate of drug-likeness (QED) is 0.649. The van der Waals surface area contributed by atoms with Crippen molar-refractivity contribution in [2.24, 2.45) is 5.73 Å². The van der Waals surface area contributed by atoms with Crippen LogP contribution in [0.1, 0.15) is 17.5 Å². The van der Waals surface area contributed by atoms with Gasteiger partial charge in [0.2, 0.25) is 0 Å². The zero-order valence-corrected chi connectivity index (χ0v) is 8.86. The summed E-state index contributed by atoms with van der Waals surface area (Å²) < 4.78 is 0. The molecule has 0 aliphatic carbocycles. The van der Waals surface area contributed by atoms with Crippen LogP contribution >= 0.6 is 0 Å². The molecule has 84 valence electrons. The largest absolute Gasteiger partial charge is 0.395 e. The maximum Gasteiger partial charge on any atom is 0.312 e. The number of amides is 2. The van der Waals surface area contributed by atoms with E-state index in [0.29, 0.717) is 13.0 Å². The van der Waals surface area contributed by atoms with Crippen molar-refractivity contribution in [1.29, 1.82) is 0 Å². The van der Waals surface area contributed by atoms with E-state index >= 15 is 0 Å². The van der Waals surface area contributed by atoms with Crippen LogP contribution in [-0.2, 0) is 6.54 Å². The molecular weight excluding hydrogens is 204 g/mol. The summed E-state index contributed by atoms with van der Waals surface area (Å²) in [7, 11) is 0. The van der Waals surface area contributed by atoms with Gasteiger partial charge >= 0.3 is 6.03 Å². The number of hydrogen-bond acceptors (Lipinski definition) is 2. The monoisotopic (exact) mass is 218 g/mol. The van der Waals surface area contributed by atoms with Crippen LogP contribution in [0.5, 0.6) is 0 Å². The molecule has 0 radical (unpaired) electrons. The zero-order valence-electron chi connectivity index (χ0n) is 8.86. The first-order valence-corrected chi connectivity index (χ1v) is 4.94. The molecule has 0 saturated heterocycles. The molecule has 0 unspecified atom stereocenters. The summed E-state index contributed by atoms with van der Waals surface area (Å²) in [5.74, 6) is 5.75. The number of nitrogens with two attached hydrogens (primary N) is 1. The molecule has 4 N–H and O–H groups in total. The first kappa shape index (κ1) is 12.1. The van der Waals surface area contributed by atoms with E-state index < -0.39 is 6.03 Å². The number of aliphatic hydroxyl groups is 1. The van der Waals surface area contributed by atoms with E-state index in [9.17, 15) is 4.79 Å². The SMILES string of the molecule is NC(=O)NCc1ccc(C#CCCO)cc1. The number of nitrogens with one attached hydrogen (secondary N) is 1. The van der Waals surface area contributed by atoms with Crippen molar-refractivity contribution in [3.63, 3.8) is 0 Å². The Morgan fingerprint density at radius 2 is 2.06 bits per heavy atom. The number of urea groups is 1. The van der Waals surface area contributed by atoms with Gasteiger partial charge in [0, 0.05) is 18.5 Å². The van der Waals surface area contributed by atoms with E-state index in [2.05, 4.69) is 17.2 Å². The van der Waals surface area contributed by atoms with Crippen LogP contribution < -0.4 is 11.1 Å². The zero-order chi connectivity index (χ0) is 11.8. The normalized spacial score (nSPS) is 9.06. The van der Waals surface area contributed by atoms with Gasteiger partial charge in [-0.05, 0) is 17.7 Å². The summed E-state index contributed by atoms with van der Waals surface area (Å²) in [6.45, 7) is 0.493. The fourth-order valence-corrected chi connectivity index (χ4v) is 1.12. The Morgan fingerprint density at radius 3 is 2.62 bits per heavy atom. The summed E-state index contributed by atoms with van der Waals surface area (Å²) >= 11 is 0. The molecule has 0 aromatic heterocycles. The Morgan fingerprint density at radius 1 is 1.38 bits per heavy atom. The van der Waals surface area contributed by atoms with Crippen LogP contribution in [0, 0.1) is 11.8 Å². The summed E-state index contributed by atoms with van der Waals surface area (Å²) in [6, 6.07) is 6.94.